The highest BCUT2D eigenvalue weighted by Gasteiger charge is 2.12. The van der Waals surface area contributed by atoms with Crippen molar-refractivity contribution in [3.63, 3.8) is 0 Å². The van der Waals surface area contributed by atoms with Gasteiger partial charge in [-0.3, -0.25) is 0 Å². The third kappa shape index (κ3) is 8.99. The molecule has 0 aromatic rings. The van der Waals surface area contributed by atoms with Gasteiger partial charge in [-0.25, -0.2) is 14.0 Å². The van der Waals surface area contributed by atoms with Crippen LogP contribution in [0.15, 0.2) is 24.3 Å². The van der Waals surface area contributed by atoms with Gasteiger partial charge in [0.15, 0.2) is 0 Å². The van der Waals surface area contributed by atoms with Crippen LogP contribution < -0.4 is 0 Å². The van der Waals surface area contributed by atoms with Crippen LogP contribution in [0.2, 0.25) is 0 Å². The smallest absolute Gasteiger partial charge is 0.335 e. The van der Waals surface area contributed by atoms with Gasteiger partial charge in [-0.05, 0) is 33.1 Å². The highest BCUT2D eigenvalue weighted by Crippen LogP contribution is 2.10. The van der Waals surface area contributed by atoms with E-state index in [1.807, 2.05) is 0 Å². The van der Waals surface area contributed by atoms with E-state index in [2.05, 4.69) is 17.9 Å². The summed E-state index contributed by atoms with van der Waals surface area (Å²) < 4.78 is 22.5. The minimum Gasteiger partial charge on any atom is -0.462 e. The summed E-state index contributed by atoms with van der Waals surface area (Å²) in [5.41, 5.74) is 0.532. The second-order valence-corrected chi connectivity index (χ2v) is 4.36. The molecule has 5 heteroatoms. The Balaban J connectivity index is 3.54. The maximum Gasteiger partial charge on any atom is 0.335 e. The van der Waals surface area contributed by atoms with E-state index in [1.165, 1.54) is 6.92 Å². The Hall–Kier alpha value is -1.65. The normalized spacial score (nSPS) is 11.5. The van der Waals surface area contributed by atoms with Crippen LogP contribution in [0.4, 0.5) is 4.39 Å². The number of hydrogen-bond acceptors (Lipinski definition) is 4. The number of ether oxygens (including phenoxy) is 2. The molecule has 0 aliphatic carbocycles. The largest absolute Gasteiger partial charge is 0.462 e. The van der Waals surface area contributed by atoms with Crippen LogP contribution in [-0.2, 0) is 19.1 Å². The van der Waals surface area contributed by atoms with Crippen molar-refractivity contribution >= 4 is 11.9 Å². The highest BCUT2D eigenvalue weighted by atomic mass is 19.1. The van der Waals surface area contributed by atoms with Gasteiger partial charge in [0, 0.05) is 17.6 Å². The zero-order valence-corrected chi connectivity index (χ0v) is 11.5. The monoisotopic (exact) mass is 272 g/mol. The lowest BCUT2D eigenvalue weighted by molar-refractivity contribution is -0.153. The molecule has 4 nitrogen and oxygen atoms in total. The lowest BCUT2D eigenvalue weighted by Crippen LogP contribution is -2.14. The quantitative estimate of drug-likeness (QED) is 0.368. The van der Waals surface area contributed by atoms with E-state index < -0.39 is 18.3 Å². The van der Waals surface area contributed by atoms with Gasteiger partial charge in [0.25, 0.3) is 0 Å². The highest BCUT2D eigenvalue weighted by molar-refractivity contribution is 5.87. The van der Waals surface area contributed by atoms with Crippen molar-refractivity contribution in [1.29, 1.82) is 0 Å². The molecular weight excluding hydrogens is 251 g/mol. The summed E-state index contributed by atoms with van der Waals surface area (Å²) in [6.07, 6.45) is 0.402. The van der Waals surface area contributed by atoms with Gasteiger partial charge in [0.1, 0.15) is 0 Å². The fourth-order valence-corrected chi connectivity index (χ4v) is 1.15. The minimum absolute atomic E-state index is 0.132. The Labute approximate surface area is 113 Å². The van der Waals surface area contributed by atoms with E-state index >= 15 is 0 Å². The fraction of sp³-hybridized carbons (Fsp3) is 0.571. The van der Waals surface area contributed by atoms with Crippen LogP contribution >= 0.6 is 0 Å². The number of hydrogen-bond donors (Lipinski definition) is 0. The van der Waals surface area contributed by atoms with Crippen LogP contribution in [0.1, 0.15) is 39.5 Å². The first-order chi connectivity index (χ1) is 8.84. The molecule has 0 fully saturated rings. The van der Waals surface area contributed by atoms with E-state index in [0.29, 0.717) is 24.8 Å². The van der Waals surface area contributed by atoms with Gasteiger partial charge >= 0.3 is 11.9 Å². The van der Waals surface area contributed by atoms with Gasteiger partial charge in [0.05, 0.1) is 6.61 Å². The third-order valence-corrected chi connectivity index (χ3v) is 2.24. The number of esters is 2. The molecule has 0 bridgehead atoms. The average molecular weight is 272 g/mol. The summed E-state index contributed by atoms with van der Waals surface area (Å²) in [7, 11) is 0. The number of halogens is 1. The molecule has 108 valence electrons. The summed E-state index contributed by atoms with van der Waals surface area (Å²) >= 11 is 0. The molecule has 0 saturated carbocycles. The zero-order chi connectivity index (χ0) is 14.8. The van der Waals surface area contributed by atoms with Crippen LogP contribution in [0.3, 0.4) is 0 Å². The van der Waals surface area contributed by atoms with E-state index in [-0.39, 0.29) is 18.6 Å². The van der Waals surface area contributed by atoms with E-state index in [9.17, 15) is 14.0 Å². The average Bonchev–Trinajstić information content (AvgIpc) is 2.32. The summed E-state index contributed by atoms with van der Waals surface area (Å²) in [5.74, 6) is -1.14. The number of carbonyl (C=O) groups is 2. The molecule has 0 heterocycles. The van der Waals surface area contributed by atoms with Crippen molar-refractivity contribution in [3.8, 4) is 0 Å². The van der Waals surface area contributed by atoms with Gasteiger partial charge in [-0.15, -0.1) is 0 Å². The molecule has 0 radical (unpaired) electrons. The lowest BCUT2D eigenvalue weighted by Gasteiger charge is -2.09. The summed E-state index contributed by atoms with van der Waals surface area (Å²) in [5, 5.41) is 0. The Kier molecular flexibility index (Phi) is 8.49. The molecule has 0 rings (SSSR count). The van der Waals surface area contributed by atoms with Crippen LogP contribution in [-0.4, -0.2) is 24.9 Å². The van der Waals surface area contributed by atoms with Crippen LogP contribution in [0.5, 0.6) is 0 Å². The van der Waals surface area contributed by atoms with E-state index in [0.717, 1.165) is 0 Å². The summed E-state index contributed by atoms with van der Waals surface area (Å²) in [6.45, 7) is 10.1. The third-order valence-electron chi connectivity index (χ3n) is 2.24. The minimum atomic E-state index is -1.61. The Morgan fingerprint density at radius 2 is 1.63 bits per heavy atom. The molecule has 0 N–H and O–H groups in total. The molecule has 0 aromatic heterocycles. The molecule has 1 unspecified atom stereocenters. The first kappa shape index (κ1) is 17.4. The van der Waals surface area contributed by atoms with Gasteiger partial charge in [-0.1, -0.05) is 13.2 Å². The van der Waals surface area contributed by atoms with Crippen molar-refractivity contribution < 1.29 is 23.5 Å². The molecule has 0 aliphatic heterocycles. The molecule has 0 saturated heterocycles. The second-order valence-electron chi connectivity index (χ2n) is 4.36. The van der Waals surface area contributed by atoms with Crippen molar-refractivity contribution in [1.82, 2.24) is 0 Å². The second kappa shape index (κ2) is 9.30. The number of rotatable bonds is 9. The van der Waals surface area contributed by atoms with Crippen molar-refractivity contribution in [3.05, 3.63) is 24.3 Å². The molecule has 1 atom stereocenters. The van der Waals surface area contributed by atoms with E-state index in [4.69, 9.17) is 4.74 Å². The SMILES string of the molecule is C=C(C)C(=O)OCCCCCC(F)OC(=O)C(=C)C. The number of carbonyl (C=O) groups excluding carboxylic acids is 2. The number of alkyl halides is 1. The predicted octanol–water partition coefficient (Wildman–Crippen LogP) is 3.08. The van der Waals surface area contributed by atoms with Crippen LogP contribution in [0.25, 0.3) is 0 Å². The Bertz CT molecular complexity index is 349. The molecule has 0 aliphatic rings. The zero-order valence-electron chi connectivity index (χ0n) is 11.5. The first-order valence-electron chi connectivity index (χ1n) is 6.17. The maximum atomic E-state index is 13.2. The van der Waals surface area contributed by atoms with Crippen molar-refractivity contribution in [2.75, 3.05) is 6.61 Å². The predicted molar refractivity (Wildman–Crippen MR) is 70.0 cm³/mol. The number of unbranched alkanes of at least 4 members (excludes halogenated alkanes) is 2. The summed E-state index contributed by atoms with van der Waals surface area (Å²) in [4.78, 5) is 22.0. The first-order valence-corrected chi connectivity index (χ1v) is 6.17. The Morgan fingerprint density at radius 3 is 2.16 bits per heavy atom. The van der Waals surface area contributed by atoms with Crippen molar-refractivity contribution in [2.45, 2.75) is 45.9 Å². The molecule has 0 amide bonds. The van der Waals surface area contributed by atoms with E-state index in [1.54, 1.807) is 6.92 Å². The molecule has 0 aromatic carbocycles. The van der Waals surface area contributed by atoms with Gasteiger partial charge < -0.3 is 9.47 Å². The molecule has 0 spiro atoms. The summed E-state index contributed by atoms with van der Waals surface area (Å²) in [6, 6.07) is 0. The van der Waals surface area contributed by atoms with Crippen molar-refractivity contribution in [2.24, 2.45) is 0 Å². The van der Waals surface area contributed by atoms with Gasteiger partial charge in [0.2, 0.25) is 6.36 Å². The molecular formula is C14H21FO4. The Morgan fingerprint density at radius 1 is 1.05 bits per heavy atom. The fourth-order valence-electron chi connectivity index (χ4n) is 1.15. The molecule has 19 heavy (non-hydrogen) atoms. The lowest BCUT2D eigenvalue weighted by atomic mass is 10.2. The van der Waals surface area contributed by atoms with Crippen LogP contribution in [0, 0.1) is 0 Å². The van der Waals surface area contributed by atoms with Gasteiger partial charge in [-0.2, -0.15) is 0 Å². The topological polar surface area (TPSA) is 52.6 Å². The maximum absolute atomic E-state index is 13.2. The standard InChI is InChI=1S/C14H21FO4/c1-10(2)13(16)18-9-7-5-6-8-12(15)19-14(17)11(3)4/h12H,1,3,5-9H2,2,4H3.